The van der Waals surface area contributed by atoms with Crippen LogP contribution in [0, 0.1) is 0 Å². The lowest BCUT2D eigenvalue weighted by atomic mass is 10.2. The summed E-state index contributed by atoms with van der Waals surface area (Å²) in [7, 11) is 0. The second-order valence-corrected chi connectivity index (χ2v) is 2.42. The van der Waals surface area contributed by atoms with Crippen LogP contribution in [0.5, 0.6) is 0 Å². The van der Waals surface area contributed by atoms with Crippen LogP contribution in [0.4, 0.5) is 0 Å². The van der Waals surface area contributed by atoms with Crippen LogP contribution < -0.4 is 0 Å². The summed E-state index contributed by atoms with van der Waals surface area (Å²) in [5.41, 5.74) is 0. The minimum atomic E-state index is -1.42. The summed E-state index contributed by atoms with van der Waals surface area (Å²) >= 11 is 0. The van der Waals surface area contributed by atoms with E-state index in [2.05, 4.69) is 4.74 Å². The zero-order valence-corrected chi connectivity index (χ0v) is 7.40. The quantitative estimate of drug-likeness (QED) is 0.274. The van der Waals surface area contributed by atoms with Gasteiger partial charge in [-0.2, -0.15) is 0 Å². The summed E-state index contributed by atoms with van der Waals surface area (Å²) in [5.74, 6) is -2.78. The Hall–Kier alpha value is -1.80. The number of aliphatic hydroxyl groups is 4. The summed E-state index contributed by atoms with van der Waals surface area (Å²) in [6.45, 7) is -0.921. The molecule has 1 aliphatic heterocycles. The van der Waals surface area contributed by atoms with Crippen molar-refractivity contribution in [1.29, 1.82) is 0 Å². The Morgan fingerprint density at radius 2 is 1.93 bits per heavy atom. The largest absolute Gasteiger partial charge is 0.505 e. The first kappa shape index (κ1) is 13.2. The second-order valence-electron chi connectivity index (χ2n) is 2.42. The topological polar surface area (TPSA) is 145 Å². The molecule has 1 heterocycles. The smallest absolute Gasteiger partial charge is 0.377 e. The van der Waals surface area contributed by atoms with Crippen LogP contribution >= 0.6 is 0 Å². The average Bonchev–Trinajstić information content (AvgIpc) is 2.46. The van der Waals surface area contributed by atoms with Crippen LogP contribution in [0.25, 0.3) is 0 Å². The Balaban J connectivity index is 0.000000583. The van der Waals surface area contributed by atoms with Gasteiger partial charge in [-0.15, -0.1) is 0 Å². The van der Waals surface area contributed by atoms with E-state index >= 15 is 0 Å². The SMILES string of the molecule is O=C1O[C@H](C(O)CO)C(O)=C1O.O=CO. The first-order valence-electron chi connectivity index (χ1n) is 3.69. The van der Waals surface area contributed by atoms with Crippen molar-refractivity contribution in [3.63, 3.8) is 0 Å². The standard InChI is InChI=1S/C6H8O6.CH2O2/c7-1-2(8)5-3(9)4(10)6(11)12-5;2-1-3/h2,5,7-10H,1H2;1H,(H,2,3)/t2?,5-;/m1./s1. The van der Waals surface area contributed by atoms with E-state index in [9.17, 15) is 4.79 Å². The van der Waals surface area contributed by atoms with E-state index in [0.29, 0.717) is 0 Å². The number of esters is 1. The lowest BCUT2D eigenvalue weighted by molar-refractivity contribution is -0.147. The van der Waals surface area contributed by atoms with Gasteiger partial charge in [-0.1, -0.05) is 0 Å². The molecule has 0 aliphatic carbocycles. The van der Waals surface area contributed by atoms with Gasteiger partial charge in [0.05, 0.1) is 6.61 Å². The van der Waals surface area contributed by atoms with Crippen molar-refractivity contribution in [2.45, 2.75) is 12.2 Å². The van der Waals surface area contributed by atoms with E-state index in [4.69, 9.17) is 30.3 Å². The molecule has 15 heavy (non-hydrogen) atoms. The molecule has 5 N–H and O–H groups in total. The first-order chi connectivity index (χ1) is 6.99. The molecule has 0 radical (unpaired) electrons. The van der Waals surface area contributed by atoms with Gasteiger partial charge < -0.3 is 30.3 Å². The molecule has 8 nitrogen and oxygen atoms in total. The maximum absolute atomic E-state index is 10.5. The summed E-state index contributed by atoms with van der Waals surface area (Å²) in [5, 5.41) is 41.9. The van der Waals surface area contributed by atoms with Gasteiger partial charge in [0.25, 0.3) is 6.47 Å². The summed E-state index contributed by atoms with van der Waals surface area (Å²) in [6.07, 6.45) is -2.78. The molecular formula is C7H10O8. The lowest BCUT2D eigenvalue weighted by Crippen LogP contribution is -2.31. The van der Waals surface area contributed by atoms with Crippen LogP contribution in [-0.2, 0) is 14.3 Å². The molecule has 1 unspecified atom stereocenters. The summed E-state index contributed by atoms with van der Waals surface area (Å²) < 4.78 is 4.32. The fraction of sp³-hybridized carbons (Fsp3) is 0.429. The number of ether oxygens (including phenoxy) is 1. The number of hydrogen-bond acceptors (Lipinski definition) is 7. The minimum absolute atomic E-state index is 0.250. The van der Waals surface area contributed by atoms with Gasteiger partial charge in [0.2, 0.25) is 5.76 Å². The van der Waals surface area contributed by atoms with E-state index in [1.165, 1.54) is 0 Å². The van der Waals surface area contributed by atoms with E-state index in [1.807, 2.05) is 0 Å². The van der Waals surface area contributed by atoms with Gasteiger partial charge in [-0.25, -0.2) is 4.79 Å². The molecule has 0 saturated carbocycles. The molecule has 0 saturated heterocycles. The summed E-state index contributed by atoms with van der Waals surface area (Å²) in [6, 6.07) is 0. The normalized spacial score (nSPS) is 21.5. The van der Waals surface area contributed by atoms with Crippen molar-refractivity contribution in [2.24, 2.45) is 0 Å². The van der Waals surface area contributed by atoms with Crippen molar-refractivity contribution >= 4 is 12.4 Å². The fourth-order valence-electron chi connectivity index (χ4n) is 0.823. The Morgan fingerprint density at radius 3 is 2.20 bits per heavy atom. The number of carbonyl (C=O) groups excluding carboxylic acids is 1. The number of hydrogen-bond donors (Lipinski definition) is 5. The maximum Gasteiger partial charge on any atom is 0.377 e. The molecule has 1 aliphatic rings. The van der Waals surface area contributed by atoms with Crippen LogP contribution in [0.3, 0.4) is 0 Å². The Morgan fingerprint density at radius 1 is 1.47 bits per heavy atom. The van der Waals surface area contributed by atoms with Crippen molar-refractivity contribution in [3.8, 4) is 0 Å². The lowest BCUT2D eigenvalue weighted by Gasteiger charge is -2.13. The van der Waals surface area contributed by atoms with Crippen molar-refractivity contribution in [2.75, 3.05) is 6.61 Å². The van der Waals surface area contributed by atoms with Gasteiger partial charge in [0.1, 0.15) is 6.10 Å². The number of carboxylic acid groups (broad SMARTS) is 1. The van der Waals surface area contributed by atoms with Gasteiger partial charge in [0.15, 0.2) is 11.9 Å². The van der Waals surface area contributed by atoms with E-state index in [0.717, 1.165) is 0 Å². The first-order valence-corrected chi connectivity index (χ1v) is 3.69. The zero-order valence-electron chi connectivity index (χ0n) is 7.40. The number of rotatable bonds is 2. The van der Waals surface area contributed by atoms with E-state index < -0.39 is 36.3 Å². The van der Waals surface area contributed by atoms with Gasteiger partial charge in [-0.05, 0) is 0 Å². The van der Waals surface area contributed by atoms with Crippen molar-refractivity contribution < 1.29 is 39.9 Å². The van der Waals surface area contributed by atoms with E-state index in [1.54, 1.807) is 0 Å². The van der Waals surface area contributed by atoms with Gasteiger partial charge >= 0.3 is 5.97 Å². The number of carbonyl (C=O) groups is 2. The number of aliphatic hydroxyl groups excluding tert-OH is 4. The second kappa shape index (κ2) is 5.83. The Labute approximate surface area is 83.6 Å². The molecule has 1 rings (SSSR count). The molecule has 0 fully saturated rings. The van der Waals surface area contributed by atoms with Crippen LogP contribution in [0.1, 0.15) is 0 Å². The zero-order chi connectivity index (χ0) is 12.0. The molecular weight excluding hydrogens is 212 g/mol. The third-order valence-electron chi connectivity index (χ3n) is 1.48. The predicted molar refractivity (Wildman–Crippen MR) is 43.9 cm³/mol. The van der Waals surface area contributed by atoms with Crippen LogP contribution in [0.2, 0.25) is 0 Å². The molecule has 0 aromatic heterocycles. The third-order valence-corrected chi connectivity index (χ3v) is 1.48. The molecule has 0 aromatic rings. The molecule has 8 heteroatoms. The Kier molecular flexibility index (Phi) is 5.13. The van der Waals surface area contributed by atoms with Crippen LogP contribution in [-0.4, -0.2) is 56.8 Å². The van der Waals surface area contributed by atoms with Gasteiger partial charge in [0, 0.05) is 0 Å². The molecule has 0 amide bonds. The highest BCUT2D eigenvalue weighted by Gasteiger charge is 2.38. The van der Waals surface area contributed by atoms with Crippen molar-refractivity contribution in [3.05, 3.63) is 11.5 Å². The molecule has 0 bridgehead atoms. The molecule has 2 atom stereocenters. The molecule has 86 valence electrons. The van der Waals surface area contributed by atoms with E-state index in [-0.39, 0.29) is 6.47 Å². The van der Waals surface area contributed by atoms with Crippen molar-refractivity contribution in [1.82, 2.24) is 0 Å². The molecule has 0 spiro atoms. The van der Waals surface area contributed by atoms with Gasteiger partial charge in [-0.3, -0.25) is 4.79 Å². The predicted octanol–water partition coefficient (Wildman–Crippen LogP) is -1.71. The third kappa shape index (κ3) is 3.11. The fourth-order valence-corrected chi connectivity index (χ4v) is 0.823. The van der Waals surface area contributed by atoms with Crippen LogP contribution in [0.15, 0.2) is 11.5 Å². The monoisotopic (exact) mass is 222 g/mol. The highest BCUT2D eigenvalue weighted by molar-refractivity contribution is 5.89. The highest BCUT2D eigenvalue weighted by Crippen LogP contribution is 2.20. The minimum Gasteiger partial charge on any atom is -0.505 e. The average molecular weight is 222 g/mol. The highest BCUT2D eigenvalue weighted by atomic mass is 16.6. The number of cyclic esters (lactones) is 1. The Bertz CT molecular complexity index is 270. The molecule has 0 aromatic carbocycles. The summed E-state index contributed by atoms with van der Waals surface area (Å²) in [4.78, 5) is 18.9. The maximum atomic E-state index is 10.5.